The Morgan fingerprint density at radius 2 is 2.23 bits per heavy atom. The number of imidazole rings is 1. The van der Waals surface area contributed by atoms with Crippen LogP contribution in [0.4, 0.5) is 5.69 Å². The first kappa shape index (κ1) is 15.0. The van der Waals surface area contributed by atoms with Crippen molar-refractivity contribution in [1.29, 1.82) is 0 Å². The van der Waals surface area contributed by atoms with Gasteiger partial charge < -0.3 is 5.32 Å². The molecule has 0 saturated carbocycles. The topological polar surface area (TPSA) is 59.3 Å². The van der Waals surface area contributed by atoms with E-state index in [4.69, 9.17) is 11.6 Å². The quantitative estimate of drug-likeness (QED) is 0.701. The van der Waals surface area contributed by atoms with Crippen LogP contribution in [0, 0.1) is 0 Å². The van der Waals surface area contributed by atoms with Crippen molar-refractivity contribution >= 4 is 44.8 Å². The van der Waals surface area contributed by atoms with Gasteiger partial charge in [-0.15, -0.1) is 0 Å². The maximum Gasteiger partial charge on any atom is 0.274 e. The SMILES string of the molecule is CCc1nc2ccc(Br)cn2c1C(=O)Nc1cccnc1Cl. The van der Waals surface area contributed by atoms with Crippen molar-refractivity contribution in [2.45, 2.75) is 13.3 Å². The number of rotatable bonds is 3. The molecular weight excluding hydrogens is 368 g/mol. The first-order valence-corrected chi connectivity index (χ1v) is 7.85. The summed E-state index contributed by atoms with van der Waals surface area (Å²) in [7, 11) is 0. The number of fused-ring (bicyclic) bond motifs is 1. The van der Waals surface area contributed by atoms with Crippen molar-refractivity contribution in [1.82, 2.24) is 14.4 Å². The average molecular weight is 380 g/mol. The monoisotopic (exact) mass is 378 g/mol. The molecule has 0 atom stereocenters. The third-order valence-corrected chi connectivity index (χ3v) is 3.98. The van der Waals surface area contributed by atoms with Crippen LogP contribution in [0.15, 0.2) is 41.1 Å². The fourth-order valence-corrected chi connectivity index (χ4v) is 2.72. The fraction of sp³-hybridized carbons (Fsp3) is 0.133. The Balaban J connectivity index is 2.06. The molecule has 3 rings (SSSR count). The van der Waals surface area contributed by atoms with Crippen LogP contribution in [-0.4, -0.2) is 20.3 Å². The van der Waals surface area contributed by atoms with Gasteiger partial charge in [0.1, 0.15) is 11.3 Å². The third kappa shape index (κ3) is 2.71. The fourth-order valence-electron chi connectivity index (χ4n) is 2.22. The Kier molecular flexibility index (Phi) is 4.13. The average Bonchev–Trinajstić information content (AvgIpc) is 2.87. The van der Waals surface area contributed by atoms with Gasteiger partial charge in [0, 0.05) is 16.9 Å². The van der Waals surface area contributed by atoms with Gasteiger partial charge in [-0.1, -0.05) is 18.5 Å². The molecule has 0 aliphatic heterocycles. The molecule has 0 aromatic carbocycles. The smallest absolute Gasteiger partial charge is 0.274 e. The largest absolute Gasteiger partial charge is 0.318 e. The van der Waals surface area contributed by atoms with E-state index in [2.05, 4.69) is 31.2 Å². The highest BCUT2D eigenvalue weighted by Crippen LogP contribution is 2.21. The second-order valence-electron chi connectivity index (χ2n) is 4.63. The van der Waals surface area contributed by atoms with Crippen LogP contribution in [-0.2, 0) is 6.42 Å². The number of pyridine rings is 2. The summed E-state index contributed by atoms with van der Waals surface area (Å²) >= 11 is 9.40. The molecule has 1 N–H and O–H groups in total. The number of halogens is 2. The molecule has 5 nitrogen and oxygen atoms in total. The number of aryl methyl sites for hydroxylation is 1. The van der Waals surface area contributed by atoms with E-state index in [0.717, 1.165) is 15.8 Å². The molecule has 1 amide bonds. The van der Waals surface area contributed by atoms with Crippen molar-refractivity contribution in [2.24, 2.45) is 0 Å². The molecule has 0 aliphatic carbocycles. The van der Waals surface area contributed by atoms with Gasteiger partial charge in [0.2, 0.25) is 0 Å². The Morgan fingerprint density at radius 1 is 1.41 bits per heavy atom. The predicted octanol–water partition coefficient (Wildman–Crippen LogP) is 3.96. The van der Waals surface area contributed by atoms with Gasteiger partial charge in [-0.3, -0.25) is 9.20 Å². The highest BCUT2D eigenvalue weighted by Gasteiger charge is 2.19. The zero-order valence-corrected chi connectivity index (χ0v) is 14.0. The van der Waals surface area contributed by atoms with E-state index >= 15 is 0 Å². The van der Waals surface area contributed by atoms with E-state index in [1.165, 1.54) is 0 Å². The van der Waals surface area contributed by atoms with E-state index in [-0.39, 0.29) is 11.1 Å². The number of hydrogen-bond acceptors (Lipinski definition) is 3. The zero-order valence-electron chi connectivity index (χ0n) is 11.7. The zero-order chi connectivity index (χ0) is 15.7. The summed E-state index contributed by atoms with van der Waals surface area (Å²) in [6, 6.07) is 7.17. The van der Waals surface area contributed by atoms with Crippen LogP contribution in [0.25, 0.3) is 5.65 Å². The molecule has 3 heterocycles. The summed E-state index contributed by atoms with van der Waals surface area (Å²) < 4.78 is 2.64. The minimum Gasteiger partial charge on any atom is -0.318 e. The molecule has 0 spiro atoms. The lowest BCUT2D eigenvalue weighted by molar-refractivity contribution is 0.102. The Hall–Kier alpha value is -1.92. The minimum atomic E-state index is -0.266. The lowest BCUT2D eigenvalue weighted by atomic mass is 10.2. The van der Waals surface area contributed by atoms with Crippen LogP contribution < -0.4 is 5.32 Å². The van der Waals surface area contributed by atoms with E-state index in [9.17, 15) is 4.79 Å². The summed E-state index contributed by atoms with van der Waals surface area (Å²) in [6.45, 7) is 1.96. The van der Waals surface area contributed by atoms with Crippen LogP contribution in [0.5, 0.6) is 0 Å². The molecule has 22 heavy (non-hydrogen) atoms. The molecule has 0 radical (unpaired) electrons. The first-order valence-electron chi connectivity index (χ1n) is 6.68. The normalized spacial score (nSPS) is 10.9. The van der Waals surface area contributed by atoms with Gasteiger partial charge in [-0.2, -0.15) is 0 Å². The van der Waals surface area contributed by atoms with Crippen LogP contribution in [0.3, 0.4) is 0 Å². The summed E-state index contributed by atoms with van der Waals surface area (Å²) in [4.78, 5) is 21.1. The number of aromatic nitrogens is 3. The maximum atomic E-state index is 12.7. The van der Waals surface area contributed by atoms with Crippen LogP contribution in [0.2, 0.25) is 5.15 Å². The lowest BCUT2D eigenvalue weighted by Gasteiger charge is -2.07. The van der Waals surface area contributed by atoms with Gasteiger partial charge in [0.15, 0.2) is 5.15 Å². The number of carbonyl (C=O) groups excluding carboxylic acids is 1. The van der Waals surface area contributed by atoms with E-state index in [1.807, 2.05) is 25.3 Å². The third-order valence-electron chi connectivity index (χ3n) is 3.21. The number of hydrogen-bond donors (Lipinski definition) is 1. The molecule has 0 bridgehead atoms. The molecule has 0 unspecified atom stereocenters. The van der Waals surface area contributed by atoms with Gasteiger partial charge in [0.25, 0.3) is 5.91 Å². The van der Waals surface area contributed by atoms with Crippen molar-refractivity contribution in [3.05, 3.63) is 57.7 Å². The molecule has 0 fully saturated rings. The molecule has 7 heteroatoms. The van der Waals surface area contributed by atoms with E-state index in [0.29, 0.717) is 17.8 Å². The molecule has 3 aromatic rings. The first-order chi connectivity index (χ1) is 10.6. The van der Waals surface area contributed by atoms with Gasteiger partial charge in [-0.05, 0) is 46.6 Å². The highest BCUT2D eigenvalue weighted by atomic mass is 79.9. The van der Waals surface area contributed by atoms with Crippen molar-refractivity contribution in [3.63, 3.8) is 0 Å². The highest BCUT2D eigenvalue weighted by molar-refractivity contribution is 9.10. The summed E-state index contributed by atoms with van der Waals surface area (Å²) in [6.07, 6.45) is 4.05. The van der Waals surface area contributed by atoms with Crippen LogP contribution in [0.1, 0.15) is 23.1 Å². The van der Waals surface area contributed by atoms with E-state index < -0.39 is 0 Å². The number of nitrogens with zero attached hydrogens (tertiary/aromatic N) is 3. The Labute approximate surface area is 140 Å². The second-order valence-corrected chi connectivity index (χ2v) is 5.91. The molecule has 112 valence electrons. The maximum absolute atomic E-state index is 12.7. The summed E-state index contributed by atoms with van der Waals surface area (Å²) in [5, 5.41) is 3.04. The minimum absolute atomic E-state index is 0.254. The van der Waals surface area contributed by atoms with Gasteiger partial charge in [-0.25, -0.2) is 9.97 Å². The number of amides is 1. The number of anilines is 1. The molecule has 0 saturated heterocycles. The van der Waals surface area contributed by atoms with Gasteiger partial charge >= 0.3 is 0 Å². The number of nitrogens with one attached hydrogen (secondary N) is 1. The Bertz CT molecular complexity index is 862. The lowest BCUT2D eigenvalue weighted by Crippen LogP contribution is -2.16. The summed E-state index contributed by atoms with van der Waals surface area (Å²) in [5.74, 6) is -0.266. The van der Waals surface area contributed by atoms with Crippen molar-refractivity contribution < 1.29 is 4.79 Å². The van der Waals surface area contributed by atoms with Crippen molar-refractivity contribution in [3.8, 4) is 0 Å². The van der Waals surface area contributed by atoms with E-state index in [1.54, 1.807) is 22.7 Å². The summed E-state index contributed by atoms with van der Waals surface area (Å²) in [5.41, 5.74) is 2.43. The van der Waals surface area contributed by atoms with Crippen LogP contribution >= 0.6 is 27.5 Å². The molecular formula is C15H12BrClN4O. The second kappa shape index (κ2) is 6.06. The van der Waals surface area contributed by atoms with Gasteiger partial charge in [0.05, 0.1) is 11.4 Å². The predicted molar refractivity (Wildman–Crippen MR) is 89.5 cm³/mol. The molecule has 0 aliphatic rings. The Morgan fingerprint density at radius 3 is 2.95 bits per heavy atom. The van der Waals surface area contributed by atoms with Crippen molar-refractivity contribution in [2.75, 3.05) is 5.32 Å². The standard InChI is InChI=1S/C15H12BrClN4O/c1-2-10-13(21-8-9(16)5-6-12(21)19-10)15(22)20-11-4-3-7-18-14(11)17/h3-8H,2H2,1H3,(H,20,22). The molecule has 3 aromatic heterocycles. The number of carbonyl (C=O) groups is 1.